The molecule has 8 heteroatoms. The molecule has 0 atom stereocenters. The summed E-state index contributed by atoms with van der Waals surface area (Å²) in [4.78, 5) is 16.5. The second-order valence-corrected chi connectivity index (χ2v) is 6.76. The largest absolute Gasteiger partial charge is 0.339 e. The zero-order valence-corrected chi connectivity index (χ0v) is 18.6. The van der Waals surface area contributed by atoms with E-state index in [4.69, 9.17) is 10.8 Å². The SMILES string of the molecule is C/C=C(\C=N)C(=O)Nc1cccc(-n2ccc(Nc3cccc(C=N)c3)n2)n1.CCCC. The van der Waals surface area contributed by atoms with E-state index in [0.717, 1.165) is 17.5 Å². The van der Waals surface area contributed by atoms with E-state index in [1.54, 1.807) is 48.1 Å². The number of hydrogen-bond donors (Lipinski definition) is 4. The Bertz CT molecular complexity index is 1080. The molecule has 3 rings (SSSR count). The molecule has 32 heavy (non-hydrogen) atoms. The minimum absolute atomic E-state index is 0.255. The van der Waals surface area contributed by atoms with Crippen LogP contribution in [0.25, 0.3) is 5.82 Å². The predicted octanol–water partition coefficient (Wildman–Crippen LogP) is 5.35. The second kappa shape index (κ2) is 12.6. The van der Waals surface area contributed by atoms with Gasteiger partial charge in [-0.05, 0) is 36.8 Å². The number of nitrogens with one attached hydrogen (secondary N) is 4. The highest BCUT2D eigenvalue weighted by Gasteiger charge is 2.09. The van der Waals surface area contributed by atoms with Gasteiger partial charge in [0.05, 0.1) is 5.57 Å². The number of amides is 1. The van der Waals surface area contributed by atoms with Crippen molar-refractivity contribution in [1.29, 1.82) is 10.8 Å². The number of hydrogen-bond acceptors (Lipinski definition) is 6. The summed E-state index contributed by atoms with van der Waals surface area (Å²) < 4.78 is 1.59. The number of unbranched alkanes of at least 4 members (excludes halogenated alkanes) is 1. The van der Waals surface area contributed by atoms with E-state index in [1.165, 1.54) is 19.1 Å². The van der Waals surface area contributed by atoms with E-state index < -0.39 is 5.91 Å². The molecular weight excluding hydrogens is 402 g/mol. The summed E-state index contributed by atoms with van der Waals surface area (Å²) in [6.07, 6.45) is 8.24. The van der Waals surface area contributed by atoms with Crippen molar-refractivity contribution in [1.82, 2.24) is 14.8 Å². The summed E-state index contributed by atoms with van der Waals surface area (Å²) in [5.41, 5.74) is 1.87. The molecule has 166 valence electrons. The molecule has 0 fully saturated rings. The number of pyridine rings is 1. The molecule has 0 saturated carbocycles. The molecule has 1 aromatic carbocycles. The second-order valence-electron chi connectivity index (χ2n) is 6.76. The van der Waals surface area contributed by atoms with E-state index >= 15 is 0 Å². The van der Waals surface area contributed by atoms with Crippen LogP contribution in [0, 0.1) is 10.8 Å². The number of anilines is 3. The van der Waals surface area contributed by atoms with E-state index in [0.29, 0.717) is 17.5 Å². The molecule has 8 nitrogen and oxygen atoms in total. The Labute approximate surface area is 188 Å². The van der Waals surface area contributed by atoms with Crippen LogP contribution in [0.4, 0.5) is 17.3 Å². The Balaban J connectivity index is 0.000000837. The van der Waals surface area contributed by atoms with Gasteiger partial charge in [0.25, 0.3) is 5.91 Å². The van der Waals surface area contributed by atoms with Gasteiger partial charge in [-0.15, -0.1) is 5.10 Å². The number of allylic oxidation sites excluding steroid dienone is 1. The van der Waals surface area contributed by atoms with E-state index in [9.17, 15) is 4.79 Å². The van der Waals surface area contributed by atoms with Gasteiger partial charge in [-0.2, -0.15) is 0 Å². The Morgan fingerprint density at radius 3 is 2.47 bits per heavy atom. The van der Waals surface area contributed by atoms with Crippen LogP contribution in [0.15, 0.2) is 66.4 Å². The van der Waals surface area contributed by atoms with Crippen molar-refractivity contribution in [3.63, 3.8) is 0 Å². The molecule has 0 radical (unpaired) electrons. The normalized spacial score (nSPS) is 10.5. The van der Waals surface area contributed by atoms with E-state index in [2.05, 4.69) is 34.6 Å². The van der Waals surface area contributed by atoms with Crippen molar-refractivity contribution >= 4 is 35.7 Å². The summed E-state index contributed by atoms with van der Waals surface area (Å²) in [5.74, 6) is 1.14. The maximum absolute atomic E-state index is 12.1. The zero-order chi connectivity index (χ0) is 23.3. The molecular formula is C24H29N7O. The van der Waals surface area contributed by atoms with Gasteiger partial charge >= 0.3 is 0 Å². The molecule has 0 aliphatic heterocycles. The van der Waals surface area contributed by atoms with Crippen LogP contribution < -0.4 is 10.6 Å². The Kier molecular flexibility index (Phi) is 9.52. The number of rotatable bonds is 8. The fraction of sp³-hybridized carbons (Fsp3) is 0.208. The molecule has 0 bridgehead atoms. The van der Waals surface area contributed by atoms with Gasteiger partial charge in [-0.25, -0.2) is 9.67 Å². The van der Waals surface area contributed by atoms with Crippen molar-refractivity contribution in [3.8, 4) is 5.82 Å². The lowest BCUT2D eigenvalue weighted by Gasteiger charge is -2.07. The molecule has 0 aliphatic rings. The number of carbonyl (C=O) groups is 1. The predicted molar refractivity (Wildman–Crippen MR) is 131 cm³/mol. The average molecular weight is 432 g/mol. The van der Waals surface area contributed by atoms with Gasteiger partial charge in [0.2, 0.25) is 0 Å². The van der Waals surface area contributed by atoms with Crippen molar-refractivity contribution in [2.45, 2.75) is 33.6 Å². The van der Waals surface area contributed by atoms with Crippen LogP contribution in [-0.4, -0.2) is 33.1 Å². The first-order valence-corrected chi connectivity index (χ1v) is 10.4. The third-order valence-corrected chi connectivity index (χ3v) is 4.35. The molecule has 2 aromatic heterocycles. The zero-order valence-electron chi connectivity index (χ0n) is 18.6. The lowest BCUT2D eigenvalue weighted by Crippen LogP contribution is -2.16. The third-order valence-electron chi connectivity index (χ3n) is 4.35. The number of nitrogens with zero attached hydrogens (tertiary/aromatic N) is 3. The van der Waals surface area contributed by atoms with Crippen molar-refractivity contribution < 1.29 is 4.79 Å². The lowest BCUT2D eigenvalue weighted by atomic mass is 10.2. The first kappa shape index (κ1) is 24.2. The topological polar surface area (TPSA) is 120 Å². The Morgan fingerprint density at radius 2 is 1.81 bits per heavy atom. The maximum atomic E-state index is 12.1. The van der Waals surface area contributed by atoms with Gasteiger partial charge in [0.1, 0.15) is 5.82 Å². The van der Waals surface area contributed by atoms with Crippen molar-refractivity contribution in [2.24, 2.45) is 0 Å². The molecule has 1 amide bonds. The summed E-state index contributed by atoms with van der Waals surface area (Å²) in [6.45, 7) is 6.06. The number of carbonyl (C=O) groups excluding carboxylic acids is 1. The van der Waals surface area contributed by atoms with Crippen LogP contribution in [0.1, 0.15) is 39.2 Å². The Morgan fingerprint density at radius 1 is 1.06 bits per heavy atom. The minimum atomic E-state index is -0.393. The summed E-state index contributed by atoms with van der Waals surface area (Å²) in [5, 5.41) is 24.9. The monoisotopic (exact) mass is 431 g/mol. The number of benzene rings is 1. The molecule has 3 aromatic rings. The van der Waals surface area contributed by atoms with Crippen LogP contribution in [-0.2, 0) is 4.79 Å². The van der Waals surface area contributed by atoms with Crippen LogP contribution in [0.2, 0.25) is 0 Å². The smallest absolute Gasteiger partial charge is 0.258 e. The van der Waals surface area contributed by atoms with E-state index in [1.807, 2.05) is 24.3 Å². The van der Waals surface area contributed by atoms with Gasteiger partial charge < -0.3 is 21.5 Å². The van der Waals surface area contributed by atoms with Crippen molar-refractivity contribution in [2.75, 3.05) is 10.6 Å². The van der Waals surface area contributed by atoms with Crippen LogP contribution >= 0.6 is 0 Å². The number of aromatic nitrogens is 3. The van der Waals surface area contributed by atoms with Crippen LogP contribution in [0.5, 0.6) is 0 Å². The molecule has 0 unspecified atom stereocenters. The third kappa shape index (κ3) is 7.02. The highest BCUT2D eigenvalue weighted by molar-refractivity contribution is 6.16. The molecule has 0 aliphatic carbocycles. The van der Waals surface area contributed by atoms with Gasteiger partial charge in [-0.3, -0.25) is 4.79 Å². The highest BCUT2D eigenvalue weighted by Crippen LogP contribution is 2.17. The minimum Gasteiger partial charge on any atom is -0.339 e. The quantitative estimate of drug-likeness (QED) is 0.284. The van der Waals surface area contributed by atoms with Gasteiger partial charge in [0, 0.05) is 30.4 Å². The fourth-order valence-corrected chi connectivity index (χ4v) is 2.46. The first-order valence-electron chi connectivity index (χ1n) is 10.4. The summed E-state index contributed by atoms with van der Waals surface area (Å²) in [7, 11) is 0. The molecule has 4 N–H and O–H groups in total. The summed E-state index contributed by atoms with van der Waals surface area (Å²) >= 11 is 0. The van der Waals surface area contributed by atoms with Gasteiger partial charge in [-0.1, -0.05) is 51.0 Å². The molecule has 0 spiro atoms. The molecule has 2 heterocycles. The van der Waals surface area contributed by atoms with Crippen LogP contribution in [0.3, 0.4) is 0 Å². The summed E-state index contributed by atoms with van der Waals surface area (Å²) in [6, 6.07) is 14.5. The average Bonchev–Trinajstić information content (AvgIpc) is 3.29. The van der Waals surface area contributed by atoms with E-state index in [-0.39, 0.29) is 5.57 Å². The maximum Gasteiger partial charge on any atom is 0.258 e. The fourth-order valence-electron chi connectivity index (χ4n) is 2.46. The standard InChI is InChI=1S/C20H19N7O.C4H10/c1-2-15(13-22)20(28)25-17-7-4-8-19(24-17)27-10-9-18(26-27)23-16-6-3-5-14(11-16)12-21;1-3-4-2/h2-13,21-22H,1H3,(H,23,26)(H,24,25,28);3-4H2,1-2H3/b15-2+,21-12?,22-13?;. The Hall–Kier alpha value is -4.07. The van der Waals surface area contributed by atoms with Gasteiger partial charge in [0.15, 0.2) is 11.6 Å². The molecule has 0 saturated heterocycles. The highest BCUT2D eigenvalue weighted by atomic mass is 16.1. The first-order chi connectivity index (χ1) is 15.5. The lowest BCUT2D eigenvalue weighted by molar-refractivity contribution is -0.112. The van der Waals surface area contributed by atoms with Crippen molar-refractivity contribution in [3.05, 3.63) is 71.9 Å².